The number of amides is 1. The van der Waals surface area contributed by atoms with Crippen LogP contribution < -0.4 is 10.1 Å². The monoisotopic (exact) mass is 364 g/mol. The molecular formula is C21H20N2O2S. The molecule has 0 unspecified atom stereocenters. The van der Waals surface area contributed by atoms with E-state index in [1.165, 1.54) is 0 Å². The van der Waals surface area contributed by atoms with Crippen LogP contribution in [0, 0.1) is 6.92 Å². The van der Waals surface area contributed by atoms with Crippen LogP contribution in [-0.4, -0.2) is 18.0 Å². The number of aryl methyl sites for hydroxylation is 1. The summed E-state index contributed by atoms with van der Waals surface area (Å²) in [5, 5.41) is 3.93. The van der Waals surface area contributed by atoms with Gasteiger partial charge in [-0.25, -0.2) is 4.98 Å². The Bertz CT molecular complexity index is 898. The second-order valence-electron chi connectivity index (χ2n) is 5.81. The standard InChI is InChI=1S/C21H20N2O2S/c1-15-9-10-19(25-2)18(12-15)21(24)23-17-7-5-6-16(13-17)14-26-20-8-3-4-11-22-20/h3-13H,14H2,1-2H3,(H,23,24). The van der Waals surface area contributed by atoms with Gasteiger partial charge in [-0.2, -0.15) is 0 Å². The molecule has 132 valence electrons. The quantitative estimate of drug-likeness (QED) is 0.629. The minimum Gasteiger partial charge on any atom is -0.496 e. The number of aromatic nitrogens is 1. The molecule has 0 aliphatic heterocycles. The molecule has 1 amide bonds. The summed E-state index contributed by atoms with van der Waals surface area (Å²) in [6.45, 7) is 1.95. The summed E-state index contributed by atoms with van der Waals surface area (Å²) in [4.78, 5) is 16.9. The van der Waals surface area contributed by atoms with Crippen LogP contribution in [0.5, 0.6) is 5.75 Å². The van der Waals surface area contributed by atoms with Gasteiger partial charge in [0.15, 0.2) is 0 Å². The third-order valence-corrected chi connectivity index (χ3v) is 4.82. The van der Waals surface area contributed by atoms with E-state index in [2.05, 4.69) is 10.3 Å². The maximum Gasteiger partial charge on any atom is 0.259 e. The van der Waals surface area contributed by atoms with Gasteiger partial charge in [-0.15, -0.1) is 11.8 Å². The number of nitrogens with one attached hydrogen (secondary N) is 1. The van der Waals surface area contributed by atoms with Crippen LogP contribution in [0.3, 0.4) is 0 Å². The number of ether oxygens (including phenoxy) is 1. The Balaban J connectivity index is 1.70. The first-order chi connectivity index (χ1) is 12.7. The number of pyridine rings is 1. The fraction of sp³-hybridized carbons (Fsp3) is 0.143. The highest BCUT2D eigenvalue weighted by atomic mass is 32.2. The lowest BCUT2D eigenvalue weighted by molar-refractivity contribution is 0.102. The first kappa shape index (κ1) is 18.0. The van der Waals surface area contributed by atoms with E-state index in [1.54, 1.807) is 25.1 Å². The zero-order valence-electron chi connectivity index (χ0n) is 14.7. The van der Waals surface area contributed by atoms with Gasteiger partial charge in [0.2, 0.25) is 0 Å². The number of rotatable bonds is 6. The van der Waals surface area contributed by atoms with Crippen LogP contribution in [0.15, 0.2) is 71.9 Å². The van der Waals surface area contributed by atoms with Crippen molar-refractivity contribution in [2.24, 2.45) is 0 Å². The molecule has 0 radical (unpaired) electrons. The van der Waals surface area contributed by atoms with Crippen molar-refractivity contribution in [3.05, 3.63) is 83.6 Å². The molecule has 3 rings (SSSR count). The Labute approximate surface area is 157 Å². The molecule has 1 aromatic heterocycles. The first-order valence-electron chi connectivity index (χ1n) is 8.24. The molecule has 0 aliphatic carbocycles. The number of carbonyl (C=O) groups is 1. The topological polar surface area (TPSA) is 51.2 Å². The zero-order chi connectivity index (χ0) is 18.4. The smallest absolute Gasteiger partial charge is 0.259 e. The number of carbonyl (C=O) groups excluding carboxylic acids is 1. The third kappa shape index (κ3) is 4.64. The van der Waals surface area contributed by atoms with Crippen LogP contribution in [0.1, 0.15) is 21.5 Å². The van der Waals surface area contributed by atoms with E-state index in [4.69, 9.17) is 4.74 Å². The third-order valence-electron chi connectivity index (χ3n) is 3.81. The van der Waals surface area contributed by atoms with Crippen molar-refractivity contribution < 1.29 is 9.53 Å². The average Bonchev–Trinajstić information content (AvgIpc) is 2.67. The maximum absolute atomic E-state index is 12.6. The van der Waals surface area contributed by atoms with Crippen molar-refractivity contribution in [3.63, 3.8) is 0 Å². The highest BCUT2D eigenvalue weighted by Gasteiger charge is 2.13. The summed E-state index contributed by atoms with van der Waals surface area (Å²) >= 11 is 1.66. The van der Waals surface area contributed by atoms with Gasteiger partial charge in [0.25, 0.3) is 5.91 Å². The summed E-state index contributed by atoms with van der Waals surface area (Å²) in [5.41, 5.74) is 3.42. The van der Waals surface area contributed by atoms with Crippen LogP contribution >= 0.6 is 11.8 Å². The molecular weight excluding hydrogens is 344 g/mol. The molecule has 2 aromatic carbocycles. The van der Waals surface area contributed by atoms with Crippen molar-refractivity contribution in [1.29, 1.82) is 0 Å². The molecule has 0 saturated carbocycles. The fourth-order valence-electron chi connectivity index (χ4n) is 2.53. The van der Waals surface area contributed by atoms with Gasteiger partial charge in [0.1, 0.15) is 5.75 Å². The van der Waals surface area contributed by atoms with Crippen molar-refractivity contribution in [1.82, 2.24) is 4.98 Å². The number of thioether (sulfide) groups is 1. The van der Waals surface area contributed by atoms with Crippen LogP contribution in [0.2, 0.25) is 0 Å². The molecule has 1 N–H and O–H groups in total. The molecule has 0 fully saturated rings. The van der Waals surface area contributed by atoms with Gasteiger partial charge in [0.05, 0.1) is 17.7 Å². The second kappa shape index (κ2) is 8.54. The molecule has 1 heterocycles. The van der Waals surface area contributed by atoms with E-state index in [1.807, 2.05) is 67.6 Å². The minimum absolute atomic E-state index is 0.180. The van der Waals surface area contributed by atoms with E-state index in [9.17, 15) is 4.79 Å². The summed E-state index contributed by atoms with van der Waals surface area (Å²) in [5.74, 6) is 1.17. The van der Waals surface area contributed by atoms with Crippen molar-refractivity contribution >= 4 is 23.4 Å². The number of benzene rings is 2. The number of methoxy groups -OCH3 is 1. The molecule has 4 nitrogen and oxygen atoms in total. The Kier molecular flexibility index (Phi) is 5.92. The second-order valence-corrected chi connectivity index (χ2v) is 6.81. The lowest BCUT2D eigenvalue weighted by atomic mass is 10.1. The van der Waals surface area contributed by atoms with E-state index in [-0.39, 0.29) is 5.91 Å². The molecule has 0 spiro atoms. The van der Waals surface area contributed by atoms with Crippen molar-refractivity contribution in [2.45, 2.75) is 17.7 Å². The summed E-state index contributed by atoms with van der Waals surface area (Å²) in [7, 11) is 1.57. The van der Waals surface area contributed by atoms with Gasteiger partial charge in [0, 0.05) is 17.6 Å². The number of hydrogen-bond acceptors (Lipinski definition) is 4. The fourth-order valence-corrected chi connectivity index (χ4v) is 3.33. The van der Waals surface area contributed by atoms with Crippen LogP contribution in [-0.2, 0) is 5.75 Å². The minimum atomic E-state index is -0.180. The summed E-state index contributed by atoms with van der Waals surface area (Å²) in [6.07, 6.45) is 1.79. The predicted octanol–water partition coefficient (Wildman–Crippen LogP) is 4.94. The highest BCUT2D eigenvalue weighted by Crippen LogP contribution is 2.24. The van der Waals surface area contributed by atoms with E-state index in [0.717, 1.165) is 27.6 Å². The average molecular weight is 364 g/mol. The lowest BCUT2D eigenvalue weighted by Gasteiger charge is -2.11. The van der Waals surface area contributed by atoms with E-state index < -0.39 is 0 Å². The molecule has 0 bridgehead atoms. The molecule has 3 aromatic rings. The normalized spacial score (nSPS) is 10.4. The van der Waals surface area contributed by atoms with Gasteiger partial charge in [-0.05, 0) is 48.9 Å². The summed E-state index contributed by atoms with van der Waals surface area (Å²) < 4.78 is 5.30. The van der Waals surface area contributed by atoms with Gasteiger partial charge in [-0.3, -0.25) is 4.79 Å². The molecule has 0 saturated heterocycles. The first-order valence-corrected chi connectivity index (χ1v) is 9.23. The Morgan fingerprint density at radius 2 is 2.00 bits per heavy atom. The molecule has 26 heavy (non-hydrogen) atoms. The number of anilines is 1. The SMILES string of the molecule is COc1ccc(C)cc1C(=O)Nc1cccc(CSc2ccccn2)c1. The zero-order valence-corrected chi connectivity index (χ0v) is 15.5. The van der Waals surface area contributed by atoms with Gasteiger partial charge >= 0.3 is 0 Å². The maximum atomic E-state index is 12.6. The predicted molar refractivity (Wildman–Crippen MR) is 106 cm³/mol. The summed E-state index contributed by atoms with van der Waals surface area (Å²) in [6, 6.07) is 19.3. The highest BCUT2D eigenvalue weighted by molar-refractivity contribution is 7.98. The number of hydrogen-bond donors (Lipinski definition) is 1. The molecule has 5 heteroatoms. The lowest BCUT2D eigenvalue weighted by Crippen LogP contribution is -2.13. The van der Waals surface area contributed by atoms with Crippen molar-refractivity contribution in [3.8, 4) is 5.75 Å². The molecule has 0 aliphatic rings. The Hall–Kier alpha value is -2.79. The van der Waals surface area contributed by atoms with Crippen molar-refractivity contribution in [2.75, 3.05) is 12.4 Å². The van der Waals surface area contributed by atoms with Crippen LogP contribution in [0.25, 0.3) is 0 Å². The molecule has 0 atom stereocenters. The number of nitrogens with zero attached hydrogens (tertiary/aromatic N) is 1. The van der Waals surface area contributed by atoms with Gasteiger partial charge in [-0.1, -0.05) is 29.8 Å². The largest absolute Gasteiger partial charge is 0.496 e. The van der Waals surface area contributed by atoms with Gasteiger partial charge < -0.3 is 10.1 Å². The Morgan fingerprint density at radius 3 is 2.77 bits per heavy atom. The van der Waals surface area contributed by atoms with E-state index >= 15 is 0 Å². The van der Waals surface area contributed by atoms with E-state index in [0.29, 0.717) is 11.3 Å². The Morgan fingerprint density at radius 1 is 1.12 bits per heavy atom. The van der Waals surface area contributed by atoms with Crippen LogP contribution in [0.4, 0.5) is 5.69 Å².